The third-order valence-corrected chi connectivity index (χ3v) is 25.3. The number of aromatic hydroxyl groups is 2. The first kappa shape index (κ1) is 101. The van der Waals surface area contributed by atoms with E-state index in [0.29, 0.717) is 86.2 Å². The number of hydrogen-bond acceptors (Lipinski definition) is 28. The van der Waals surface area contributed by atoms with Crippen molar-refractivity contribution in [3.63, 3.8) is 0 Å². The molecular formula is C85H125N23O19S2. The van der Waals surface area contributed by atoms with Crippen molar-refractivity contribution in [2.24, 2.45) is 52.0 Å². The zero-order valence-electron chi connectivity index (χ0n) is 72.6. The normalized spacial score (nSPS) is 19.8. The number of phenols is 2. The minimum Gasteiger partial charge on any atom is -0.504 e. The van der Waals surface area contributed by atoms with Crippen LogP contribution in [0.15, 0.2) is 78.0 Å². The second kappa shape index (κ2) is 50.4. The predicted octanol–water partition coefficient (Wildman–Crippen LogP) is -1.40. The second-order valence-corrected chi connectivity index (χ2v) is 34.7. The maximum absolute atomic E-state index is 14.9. The summed E-state index contributed by atoms with van der Waals surface area (Å²) in [6, 6.07) is 6.40. The number of rotatable bonds is 54. The van der Waals surface area contributed by atoms with Crippen LogP contribution in [-0.4, -0.2) is 265 Å². The van der Waals surface area contributed by atoms with Crippen molar-refractivity contribution in [1.29, 1.82) is 10.8 Å². The molecule has 2 aliphatic carbocycles. The van der Waals surface area contributed by atoms with Crippen LogP contribution in [0, 0.1) is 22.7 Å². The van der Waals surface area contributed by atoms with E-state index in [9.17, 15) is 72.5 Å². The Bertz CT molecular complexity index is 4640. The Morgan fingerprint density at radius 2 is 1.13 bits per heavy atom. The Morgan fingerprint density at radius 3 is 1.70 bits per heavy atom. The number of thioether (sulfide) groups is 2. The Labute approximate surface area is 755 Å². The van der Waals surface area contributed by atoms with Gasteiger partial charge in [-0.05, 0) is 194 Å². The van der Waals surface area contributed by atoms with Gasteiger partial charge in [-0.25, -0.2) is 0 Å². The fourth-order valence-corrected chi connectivity index (χ4v) is 18.1. The molecule has 3 fully saturated rings. The van der Waals surface area contributed by atoms with Gasteiger partial charge in [0, 0.05) is 97.9 Å². The Kier molecular flexibility index (Phi) is 39.6. The lowest BCUT2D eigenvalue weighted by molar-refractivity contribution is -0.142. The van der Waals surface area contributed by atoms with Crippen LogP contribution in [0.3, 0.4) is 0 Å². The number of nitrogens with one attached hydrogen (secondary N) is 15. The molecule has 3 aromatic carbocycles. The van der Waals surface area contributed by atoms with Gasteiger partial charge in [0.25, 0.3) is 0 Å². The number of ether oxygens (including phenoxy) is 4. The number of esters is 1. The molecular weight excluding hydrogens is 1710 g/mol. The molecule has 1 aromatic heterocycles. The van der Waals surface area contributed by atoms with Crippen molar-refractivity contribution in [3.05, 3.63) is 89.1 Å². The first-order valence-electron chi connectivity index (χ1n) is 43.5. The van der Waals surface area contributed by atoms with Crippen molar-refractivity contribution < 1.29 is 91.5 Å². The number of nitrogens with two attached hydrogens (primary N) is 7. The Balaban J connectivity index is 0.782. The average Bonchev–Trinajstić information content (AvgIpc) is 1.55. The average molecular weight is 1840 g/mol. The summed E-state index contributed by atoms with van der Waals surface area (Å²) < 4.78 is 23.1. The number of unbranched alkanes of at least 4 members (excludes halogenated alkanes) is 3. The number of guanidine groups is 2. The molecule has 0 radical (unpaired) electrons. The highest BCUT2D eigenvalue weighted by molar-refractivity contribution is 8.00. The Hall–Kier alpha value is -11.6. The summed E-state index contributed by atoms with van der Waals surface area (Å²) in [4.78, 5) is 186. The van der Waals surface area contributed by atoms with Crippen LogP contribution in [0.1, 0.15) is 139 Å². The molecule has 12 amide bonds. The first-order chi connectivity index (χ1) is 61.9. The number of phenolic OH excluding ortho intramolecular Hbond substituents is 2. The van der Waals surface area contributed by atoms with E-state index < -0.39 is 166 Å². The molecule has 0 bridgehead atoms. The number of nitrogens with zero attached hydrogens (tertiary/aromatic N) is 1. The number of amides is 12. The van der Waals surface area contributed by atoms with E-state index in [1.165, 1.54) is 24.9 Å². The number of imide groups is 1. The maximum atomic E-state index is 14.9. The number of aromatic nitrogens is 1. The SMILES string of the molecule is COc1cc([C@@H]2C3=C(CC4OCOC4C3)[C@@H](Nc3ccc(NC(=O)CCN4C(=O)CC(SC[C@H](N)C(=O)NCCC(=O)N[C@@H](CCCNC(=N)N)C(=O)N[C@@H](CCCNC(=N)N)C(=O)N[C@@H](CCSC)C(=O)N[C@@H](CCCCN)C(=O)N[C@@H](Cc5c[nH]c6ccccc56)C(=O)N[C@@H](CCCCN)C(=O)N[C@@H](CCCCN)C(N)=O)C4=O)cc3)[C@H]3COC(=O)[C@@H]32)cc(O)c1O. The number of carbonyl (C=O) groups excluding carboxylic acids is 13. The molecule has 42 nitrogen and oxygen atoms in total. The molecule has 9 rings (SSSR count). The molecule has 44 heteroatoms. The van der Waals surface area contributed by atoms with E-state index >= 15 is 0 Å². The van der Waals surface area contributed by atoms with Crippen molar-refractivity contribution in [1.82, 2.24) is 63.1 Å². The highest BCUT2D eigenvalue weighted by Gasteiger charge is 2.56. The lowest BCUT2D eigenvalue weighted by atomic mass is 9.61. The number of hydrogen-bond donors (Lipinski definition) is 24. The maximum Gasteiger partial charge on any atom is 0.310 e. The number of benzene rings is 3. The van der Waals surface area contributed by atoms with Crippen LogP contribution >= 0.6 is 23.5 Å². The number of fused-ring (bicyclic) bond motifs is 3. The van der Waals surface area contributed by atoms with Crippen LogP contribution in [0.25, 0.3) is 10.9 Å². The molecule has 4 aromatic rings. The quantitative estimate of drug-likeness (QED) is 0.00460. The van der Waals surface area contributed by atoms with Gasteiger partial charge < -0.3 is 138 Å². The van der Waals surface area contributed by atoms with Gasteiger partial charge in [-0.1, -0.05) is 23.8 Å². The predicted molar refractivity (Wildman–Crippen MR) is 483 cm³/mol. The largest absolute Gasteiger partial charge is 0.504 e. The number of cyclic esters (lactones) is 1. The fourth-order valence-electron chi connectivity index (χ4n) is 16.5. The smallest absolute Gasteiger partial charge is 0.310 e. The number of anilines is 2. The molecule has 3 aliphatic heterocycles. The molecule has 5 aliphatic rings. The number of primary amides is 1. The van der Waals surface area contributed by atoms with Crippen LogP contribution in [0.4, 0.5) is 11.4 Å². The molecule has 3 unspecified atom stereocenters. The summed E-state index contributed by atoms with van der Waals surface area (Å²) >= 11 is 2.31. The van der Waals surface area contributed by atoms with Gasteiger partial charge in [-0.2, -0.15) is 11.8 Å². The van der Waals surface area contributed by atoms with Gasteiger partial charge in [-0.3, -0.25) is 78.0 Å². The van der Waals surface area contributed by atoms with E-state index in [0.717, 1.165) is 38.7 Å². The summed E-state index contributed by atoms with van der Waals surface area (Å²) in [6.45, 7) is 0.686. The second-order valence-electron chi connectivity index (χ2n) is 32.5. The van der Waals surface area contributed by atoms with Gasteiger partial charge in [0.2, 0.25) is 76.6 Å². The molecule has 3 saturated heterocycles. The van der Waals surface area contributed by atoms with E-state index in [-0.39, 0.29) is 165 Å². The number of carbonyl (C=O) groups is 13. The van der Waals surface area contributed by atoms with Crippen LogP contribution in [-0.2, 0) is 83.0 Å². The van der Waals surface area contributed by atoms with Gasteiger partial charge in [0.1, 0.15) is 49.1 Å². The van der Waals surface area contributed by atoms with Crippen molar-refractivity contribution in [2.45, 2.75) is 206 Å². The van der Waals surface area contributed by atoms with Gasteiger partial charge in [0.15, 0.2) is 23.4 Å². The van der Waals surface area contributed by atoms with Gasteiger partial charge in [0.05, 0.1) is 49.2 Å². The van der Waals surface area contributed by atoms with Crippen LogP contribution < -0.4 is 109 Å². The third kappa shape index (κ3) is 29.2. The number of likely N-dealkylation sites (tertiary alicyclic amines) is 1. The van der Waals surface area contributed by atoms with Crippen molar-refractivity contribution in [2.75, 3.05) is 94.7 Å². The molecule has 4 heterocycles. The van der Waals surface area contributed by atoms with Gasteiger partial charge in [-0.15, -0.1) is 11.8 Å². The molecule has 15 atom stereocenters. The lowest BCUT2D eigenvalue weighted by Crippen LogP contribution is -2.60. The monoisotopic (exact) mass is 1840 g/mol. The fraction of sp³-hybridized carbons (Fsp3) is 0.565. The zero-order chi connectivity index (χ0) is 93.4. The summed E-state index contributed by atoms with van der Waals surface area (Å²) in [5, 5.41) is 70.0. The van der Waals surface area contributed by atoms with E-state index in [4.69, 9.17) is 69.9 Å². The van der Waals surface area contributed by atoms with Gasteiger partial charge >= 0.3 is 5.97 Å². The minimum atomic E-state index is -1.43. The number of methoxy groups -OCH3 is 1. The first-order valence-corrected chi connectivity index (χ1v) is 46.0. The van der Waals surface area contributed by atoms with E-state index in [1.807, 2.05) is 18.2 Å². The molecule has 129 heavy (non-hydrogen) atoms. The minimum absolute atomic E-state index is 0.000102. The molecule has 706 valence electrons. The number of aromatic amines is 1. The lowest BCUT2D eigenvalue weighted by Gasteiger charge is -2.45. The number of para-hydroxylation sites is 1. The Morgan fingerprint density at radius 1 is 0.605 bits per heavy atom. The van der Waals surface area contributed by atoms with Crippen molar-refractivity contribution in [3.8, 4) is 17.2 Å². The van der Waals surface area contributed by atoms with Crippen LogP contribution in [0.5, 0.6) is 17.2 Å². The summed E-state index contributed by atoms with van der Waals surface area (Å²) in [7, 11) is 1.37. The van der Waals surface area contributed by atoms with E-state index in [1.54, 1.807) is 48.9 Å². The summed E-state index contributed by atoms with van der Waals surface area (Å²) in [5.41, 5.74) is 45.5. The molecule has 0 spiro atoms. The summed E-state index contributed by atoms with van der Waals surface area (Å²) in [6.07, 6.45) is 5.92. The topological polar surface area (TPSA) is 693 Å². The van der Waals surface area contributed by atoms with Crippen LogP contribution in [0.2, 0.25) is 0 Å². The highest BCUT2D eigenvalue weighted by atomic mass is 32.2. The zero-order valence-corrected chi connectivity index (χ0v) is 74.2. The summed E-state index contributed by atoms with van der Waals surface area (Å²) in [5.74, 6) is -12.0. The van der Waals surface area contributed by atoms with E-state index in [2.05, 4.69) is 68.8 Å². The molecule has 0 saturated carbocycles. The standard InChI is InChI=1S/C85H125N23O19S2/c1-124-65-37-45(36-62(109)73(65)113)70-50-38-63-64(127-44-126-63)39-51(50)72(52-42-125-83(123)71(52)70)100-48-22-20-47(21-23-48)99-68(111)25-33-108-69(112)40-66(82(108)122)129-43-53(89)75(115)95-32-24-67(110)101-56(18-11-30-96-84(91)92)76(116)104-59(19-12-31-97-85(93)94)78(118)106-60(26-34-128-2)80(120)103-58(17-7-10-29-88)79(119)107-61(35-46-41-98-54-14-4-3-13-49(46)54)81(121)105-57(16-6-9-28-87)77(117)102-55(74(90)114)15-5-8-27-86/h3-4,13-14,20-23,36-37,41,52-53,55-61,63-64,66,70-72,98,100,109,113H,5-12,15-19,24-35,38-40,42-44,86-89H2,1-2H3,(H2,90,114)(H,95,115)(H,99,111)(H,101,110)(H,102,117)(H,103,120)(H,104,116)(H,105,121)(H,106,118)(H,107,119)(H4,91,92,96)(H4,93,94,97)/t52-,53-,55-,56-,57-,58-,59-,60-,61-,63?,64?,66?,70+,71-,72+/m0/s1. The van der Waals surface area contributed by atoms with Crippen molar-refractivity contribution >= 4 is 135 Å². The number of H-pyrrole nitrogens is 1. The molecule has 31 N–H and O–H groups in total. The highest BCUT2D eigenvalue weighted by Crippen LogP contribution is 2.55. The third-order valence-electron chi connectivity index (χ3n) is 23.3.